The van der Waals surface area contributed by atoms with Crippen molar-refractivity contribution >= 4 is 17.6 Å². The number of nitrogens with zero attached hydrogens (tertiary/aromatic N) is 1. The Kier molecular flexibility index (Phi) is 8.06. The Morgan fingerprint density at radius 2 is 1.74 bits per heavy atom. The first-order valence-corrected chi connectivity index (χ1v) is 11.1. The van der Waals surface area contributed by atoms with Crippen LogP contribution in [0.25, 0.3) is 0 Å². The first-order valence-electron chi connectivity index (χ1n) is 11.1. The average molecular weight is 423 g/mol. The summed E-state index contributed by atoms with van der Waals surface area (Å²) in [4.78, 5) is 27.0. The summed E-state index contributed by atoms with van der Waals surface area (Å²) in [7, 11) is 0. The Balaban J connectivity index is 1.53. The van der Waals surface area contributed by atoms with Crippen LogP contribution in [-0.2, 0) is 13.1 Å². The van der Waals surface area contributed by atoms with Crippen molar-refractivity contribution in [1.82, 2.24) is 15.5 Å². The molecule has 1 aliphatic rings. The number of urea groups is 1. The molecular formula is C25H34N4O2. The highest BCUT2D eigenvalue weighted by molar-refractivity contribution is 5.96. The zero-order valence-corrected chi connectivity index (χ0v) is 18.8. The van der Waals surface area contributed by atoms with Gasteiger partial charge in [0.15, 0.2) is 0 Å². The van der Waals surface area contributed by atoms with Crippen molar-refractivity contribution in [3.63, 3.8) is 0 Å². The molecule has 1 saturated heterocycles. The van der Waals surface area contributed by atoms with Crippen molar-refractivity contribution in [2.24, 2.45) is 5.92 Å². The first-order chi connectivity index (χ1) is 14.9. The highest BCUT2D eigenvalue weighted by Gasteiger charge is 2.16. The molecule has 1 aliphatic heterocycles. The molecule has 1 heterocycles. The maximum Gasteiger partial charge on any atom is 0.319 e. The number of amides is 3. The number of benzene rings is 2. The lowest BCUT2D eigenvalue weighted by molar-refractivity contribution is 0.0951. The topological polar surface area (TPSA) is 73.5 Å². The number of anilines is 1. The number of rotatable bonds is 7. The molecule has 3 amide bonds. The summed E-state index contributed by atoms with van der Waals surface area (Å²) in [6, 6.07) is 15.1. The summed E-state index contributed by atoms with van der Waals surface area (Å²) in [6.45, 7) is 9.85. The highest BCUT2D eigenvalue weighted by atomic mass is 16.2. The van der Waals surface area contributed by atoms with Crippen molar-refractivity contribution in [2.45, 2.75) is 52.7 Å². The second kappa shape index (κ2) is 11.0. The summed E-state index contributed by atoms with van der Waals surface area (Å²) < 4.78 is 0. The first kappa shape index (κ1) is 22.8. The van der Waals surface area contributed by atoms with Crippen molar-refractivity contribution in [1.29, 1.82) is 0 Å². The van der Waals surface area contributed by atoms with Gasteiger partial charge in [-0.05, 0) is 75.0 Å². The standard InChI is InChI=1S/C25H34N4O2/c1-18(2)27-25(31)28-23-9-5-8-22(15-23)24(30)26-16-20-6-4-7-21(14-20)17-29-12-10-19(3)11-13-29/h4-9,14-15,18-19H,10-13,16-17H2,1-3H3,(H,26,30)(H2,27,28,31). The summed E-state index contributed by atoms with van der Waals surface area (Å²) in [6.07, 6.45) is 2.53. The van der Waals surface area contributed by atoms with Crippen molar-refractivity contribution in [3.05, 3.63) is 65.2 Å². The van der Waals surface area contributed by atoms with Gasteiger partial charge in [-0.25, -0.2) is 4.79 Å². The second-order valence-electron chi connectivity index (χ2n) is 8.80. The lowest BCUT2D eigenvalue weighted by Gasteiger charge is -2.30. The highest BCUT2D eigenvalue weighted by Crippen LogP contribution is 2.18. The van der Waals surface area contributed by atoms with E-state index in [1.807, 2.05) is 19.9 Å². The van der Waals surface area contributed by atoms with E-state index in [2.05, 4.69) is 46.0 Å². The molecule has 0 saturated carbocycles. The molecule has 0 aromatic heterocycles. The Morgan fingerprint density at radius 3 is 2.48 bits per heavy atom. The van der Waals surface area contributed by atoms with Crippen molar-refractivity contribution < 1.29 is 9.59 Å². The minimum absolute atomic E-state index is 0.0423. The number of likely N-dealkylation sites (tertiary alicyclic amines) is 1. The minimum Gasteiger partial charge on any atom is -0.348 e. The van der Waals surface area contributed by atoms with Crippen molar-refractivity contribution in [2.75, 3.05) is 18.4 Å². The molecule has 1 fully saturated rings. The van der Waals surface area contributed by atoms with Crippen LogP contribution in [0.15, 0.2) is 48.5 Å². The SMILES string of the molecule is CC1CCN(Cc2cccc(CNC(=O)c3cccc(NC(=O)NC(C)C)c3)c2)CC1. The fraction of sp³-hybridized carbons (Fsp3) is 0.440. The van der Waals surface area contributed by atoms with Gasteiger partial charge in [-0.1, -0.05) is 37.3 Å². The van der Waals surface area contributed by atoms with Crippen LogP contribution in [0.2, 0.25) is 0 Å². The van der Waals surface area contributed by atoms with E-state index in [4.69, 9.17) is 0 Å². The van der Waals surface area contributed by atoms with E-state index in [1.54, 1.807) is 24.3 Å². The van der Waals surface area contributed by atoms with Gasteiger partial charge < -0.3 is 16.0 Å². The van der Waals surface area contributed by atoms with Crippen LogP contribution in [0.1, 0.15) is 55.1 Å². The normalized spacial score (nSPS) is 15.0. The molecule has 3 rings (SSSR count). The smallest absolute Gasteiger partial charge is 0.319 e. The molecular weight excluding hydrogens is 388 g/mol. The van der Waals surface area contributed by atoms with Crippen LogP contribution in [0, 0.1) is 5.92 Å². The van der Waals surface area contributed by atoms with E-state index in [9.17, 15) is 9.59 Å². The molecule has 0 bridgehead atoms. The van der Waals surface area contributed by atoms with E-state index in [-0.39, 0.29) is 18.0 Å². The lowest BCUT2D eigenvalue weighted by atomic mass is 9.98. The minimum atomic E-state index is -0.285. The Hall–Kier alpha value is -2.86. The quantitative estimate of drug-likeness (QED) is 0.620. The molecule has 2 aromatic rings. The summed E-state index contributed by atoms with van der Waals surface area (Å²) in [5.41, 5.74) is 3.47. The molecule has 6 nitrogen and oxygen atoms in total. The maximum atomic E-state index is 12.6. The largest absolute Gasteiger partial charge is 0.348 e. The molecule has 0 atom stereocenters. The monoisotopic (exact) mass is 422 g/mol. The second-order valence-corrected chi connectivity index (χ2v) is 8.80. The zero-order chi connectivity index (χ0) is 22.2. The molecule has 0 radical (unpaired) electrons. The fourth-order valence-electron chi connectivity index (χ4n) is 3.77. The van der Waals surface area contributed by atoms with Gasteiger partial charge in [0.25, 0.3) is 5.91 Å². The Morgan fingerprint density at radius 1 is 1.03 bits per heavy atom. The maximum absolute atomic E-state index is 12.6. The van der Waals surface area contributed by atoms with E-state index in [1.165, 1.54) is 18.4 Å². The number of carbonyl (C=O) groups excluding carboxylic acids is 2. The predicted molar refractivity (Wildman–Crippen MR) is 125 cm³/mol. The average Bonchev–Trinajstić information content (AvgIpc) is 2.73. The molecule has 0 spiro atoms. The molecule has 3 N–H and O–H groups in total. The third kappa shape index (κ3) is 7.40. The zero-order valence-electron chi connectivity index (χ0n) is 18.8. The Labute approximate surface area is 185 Å². The molecule has 0 aliphatic carbocycles. The number of hydrogen-bond acceptors (Lipinski definition) is 3. The molecule has 0 unspecified atom stereocenters. The third-order valence-electron chi connectivity index (χ3n) is 5.53. The van der Waals surface area contributed by atoms with Crippen LogP contribution in [0.3, 0.4) is 0 Å². The van der Waals surface area contributed by atoms with E-state index < -0.39 is 0 Å². The molecule has 166 valence electrons. The van der Waals surface area contributed by atoms with Crippen LogP contribution in [-0.4, -0.2) is 36.0 Å². The molecule has 31 heavy (non-hydrogen) atoms. The lowest BCUT2D eigenvalue weighted by Crippen LogP contribution is -2.34. The van der Waals surface area contributed by atoms with Gasteiger partial charge in [0.05, 0.1) is 0 Å². The summed E-state index contributed by atoms with van der Waals surface area (Å²) in [5.74, 6) is 0.666. The summed E-state index contributed by atoms with van der Waals surface area (Å²) in [5, 5.41) is 8.51. The molecule has 2 aromatic carbocycles. The van der Waals surface area contributed by atoms with Crippen molar-refractivity contribution in [3.8, 4) is 0 Å². The molecule has 6 heteroatoms. The predicted octanol–water partition coefficient (Wildman–Crippen LogP) is 4.38. The fourth-order valence-corrected chi connectivity index (χ4v) is 3.77. The van der Waals surface area contributed by atoms with E-state index in [0.29, 0.717) is 17.8 Å². The van der Waals surface area contributed by atoms with Gasteiger partial charge in [0.1, 0.15) is 0 Å². The van der Waals surface area contributed by atoms with Gasteiger partial charge in [-0.2, -0.15) is 0 Å². The van der Waals surface area contributed by atoms with Crippen LogP contribution < -0.4 is 16.0 Å². The van der Waals surface area contributed by atoms with Gasteiger partial charge in [-0.3, -0.25) is 9.69 Å². The van der Waals surface area contributed by atoms with Gasteiger partial charge >= 0.3 is 6.03 Å². The van der Waals surface area contributed by atoms with Gasteiger partial charge in [-0.15, -0.1) is 0 Å². The Bertz CT molecular complexity index is 889. The van der Waals surface area contributed by atoms with Crippen LogP contribution in [0.5, 0.6) is 0 Å². The summed E-state index contributed by atoms with van der Waals surface area (Å²) >= 11 is 0. The van der Waals surface area contributed by atoms with Crippen LogP contribution >= 0.6 is 0 Å². The van der Waals surface area contributed by atoms with E-state index >= 15 is 0 Å². The number of carbonyl (C=O) groups is 2. The van der Waals surface area contributed by atoms with E-state index in [0.717, 1.165) is 31.1 Å². The number of hydrogen-bond donors (Lipinski definition) is 3. The number of nitrogens with one attached hydrogen (secondary N) is 3. The van der Waals surface area contributed by atoms with Gasteiger partial charge in [0.2, 0.25) is 0 Å². The van der Waals surface area contributed by atoms with Gasteiger partial charge in [0, 0.05) is 30.4 Å². The van der Waals surface area contributed by atoms with Crippen LogP contribution in [0.4, 0.5) is 10.5 Å². The third-order valence-corrected chi connectivity index (χ3v) is 5.53. The number of piperidine rings is 1.